The lowest BCUT2D eigenvalue weighted by molar-refractivity contribution is 0.00640. The maximum Gasteiger partial charge on any atom is 0.410 e. The molecule has 3 aliphatic rings. The van der Waals surface area contributed by atoms with Crippen molar-refractivity contribution in [3.05, 3.63) is 94.8 Å². The van der Waals surface area contributed by atoms with Gasteiger partial charge in [-0.1, -0.05) is 60.7 Å². The molecule has 2 heterocycles. The molecule has 1 aliphatic carbocycles. The molecule has 2 unspecified atom stereocenters. The molecule has 3 aromatic rings. The highest BCUT2D eigenvalue weighted by Gasteiger charge is 2.44. The second kappa shape index (κ2) is 9.20. The van der Waals surface area contributed by atoms with Gasteiger partial charge in [-0.05, 0) is 72.9 Å². The van der Waals surface area contributed by atoms with Gasteiger partial charge in [0.15, 0.2) is 5.78 Å². The SMILES string of the molecule is Cc1cccc(F)c1C(=O)C1CC2CCCC(C1)N2C(=O)OCC1c2ccccc2-c2ccccc21. The van der Waals surface area contributed by atoms with Crippen molar-refractivity contribution < 1.29 is 18.7 Å². The Morgan fingerprint density at radius 1 is 0.889 bits per heavy atom. The highest BCUT2D eigenvalue weighted by molar-refractivity contribution is 5.99. The molecule has 4 nitrogen and oxygen atoms in total. The molecule has 0 N–H and O–H groups in total. The fourth-order valence-electron chi connectivity index (χ4n) is 6.71. The number of hydrogen-bond acceptors (Lipinski definition) is 3. The third kappa shape index (κ3) is 3.82. The predicted molar refractivity (Wildman–Crippen MR) is 137 cm³/mol. The number of carbonyl (C=O) groups is 2. The Morgan fingerprint density at radius 3 is 2.11 bits per heavy atom. The Bertz CT molecular complexity index is 1260. The van der Waals surface area contributed by atoms with Crippen molar-refractivity contribution in [3.8, 4) is 11.1 Å². The van der Waals surface area contributed by atoms with E-state index in [1.807, 2.05) is 29.2 Å². The molecule has 5 heteroatoms. The Kier molecular flexibility index (Phi) is 5.87. The summed E-state index contributed by atoms with van der Waals surface area (Å²) in [5, 5.41) is 0. The minimum atomic E-state index is -0.455. The zero-order chi connectivity index (χ0) is 24.8. The molecular weight excluding hydrogens is 453 g/mol. The van der Waals surface area contributed by atoms with Crippen molar-refractivity contribution in [2.75, 3.05) is 6.61 Å². The monoisotopic (exact) mass is 483 g/mol. The van der Waals surface area contributed by atoms with Gasteiger partial charge < -0.3 is 9.64 Å². The second-order valence-electron chi connectivity index (χ2n) is 10.4. The lowest BCUT2D eigenvalue weighted by Gasteiger charge is -2.47. The number of carbonyl (C=O) groups excluding carboxylic acids is 2. The Balaban J connectivity index is 1.18. The highest BCUT2D eigenvalue weighted by atomic mass is 19.1. The Morgan fingerprint density at radius 2 is 1.50 bits per heavy atom. The number of ether oxygens (including phenoxy) is 1. The number of nitrogens with zero attached hydrogens (tertiary/aromatic N) is 1. The molecule has 3 aromatic carbocycles. The average molecular weight is 484 g/mol. The van der Waals surface area contributed by atoms with Crippen molar-refractivity contribution in [2.45, 2.75) is 57.0 Å². The molecule has 2 bridgehead atoms. The molecule has 0 radical (unpaired) electrons. The fraction of sp³-hybridized carbons (Fsp3) is 0.355. The number of fused-ring (bicyclic) bond motifs is 5. The van der Waals surface area contributed by atoms with E-state index in [0.717, 1.165) is 19.3 Å². The molecule has 2 saturated heterocycles. The van der Waals surface area contributed by atoms with Crippen LogP contribution in [0.3, 0.4) is 0 Å². The lowest BCUT2D eigenvalue weighted by atomic mass is 9.75. The van der Waals surface area contributed by atoms with Crippen LogP contribution in [0.4, 0.5) is 9.18 Å². The number of halogens is 1. The standard InChI is InChI=1S/C31H30FNO3/c1-19-8-6-15-28(32)29(19)30(34)20-16-21-9-7-10-22(17-20)33(21)31(35)36-18-27-25-13-4-2-11-23(25)24-12-3-5-14-26(24)27/h2-6,8,11-15,20-22,27H,7,9-10,16-18H2,1H3. The number of rotatable bonds is 4. The summed E-state index contributed by atoms with van der Waals surface area (Å²) in [5.74, 6) is -0.836. The van der Waals surface area contributed by atoms with Gasteiger partial charge in [-0.3, -0.25) is 4.79 Å². The van der Waals surface area contributed by atoms with Gasteiger partial charge >= 0.3 is 6.09 Å². The largest absolute Gasteiger partial charge is 0.448 e. The van der Waals surface area contributed by atoms with Crippen LogP contribution in [0.5, 0.6) is 0 Å². The van der Waals surface area contributed by atoms with Crippen LogP contribution < -0.4 is 0 Å². The summed E-state index contributed by atoms with van der Waals surface area (Å²) in [5.41, 5.74) is 5.66. The Labute approximate surface area is 211 Å². The topological polar surface area (TPSA) is 46.6 Å². The molecule has 36 heavy (non-hydrogen) atoms. The summed E-state index contributed by atoms with van der Waals surface area (Å²) < 4.78 is 20.5. The third-order valence-electron chi connectivity index (χ3n) is 8.36. The quantitative estimate of drug-likeness (QED) is 0.379. The second-order valence-corrected chi connectivity index (χ2v) is 10.4. The summed E-state index contributed by atoms with van der Waals surface area (Å²) >= 11 is 0. The number of aryl methyl sites for hydroxylation is 1. The van der Waals surface area contributed by atoms with Crippen molar-refractivity contribution >= 4 is 11.9 Å². The van der Waals surface area contributed by atoms with Crippen LogP contribution in [0.15, 0.2) is 66.7 Å². The number of ketones is 1. The maximum absolute atomic E-state index is 14.5. The van der Waals surface area contributed by atoms with E-state index in [0.29, 0.717) is 25.0 Å². The van der Waals surface area contributed by atoms with Crippen LogP contribution in [0.2, 0.25) is 0 Å². The Hall–Kier alpha value is -3.47. The summed E-state index contributed by atoms with van der Waals surface area (Å²) in [7, 11) is 0. The molecule has 0 saturated carbocycles. The van der Waals surface area contributed by atoms with E-state index < -0.39 is 5.82 Å². The van der Waals surface area contributed by atoms with Crippen molar-refractivity contribution in [1.82, 2.24) is 4.90 Å². The summed E-state index contributed by atoms with van der Waals surface area (Å²) in [6.07, 6.45) is 3.56. The van der Waals surface area contributed by atoms with Crippen LogP contribution in [-0.2, 0) is 4.74 Å². The molecule has 184 valence electrons. The predicted octanol–water partition coefficient (Wildman–Crippen LogP) is 6.90. The van der Waals surface area contributed by atoms with Gasteiger partial charge in [0.05, 0.1) is 5.56 Å². The minimum absolute atomic E-state index is 0.0179. The molecular formula is C31H30FNO3. The van der Waals surface area contributed by atoms with Crippen molar-refractivity contribution in [1.29, 1.82) is 0 Å². The van der Waals surface area contributed by atoms with E-state index in [1.165, 1.54) is 28.3 Å². The first-order valence-electron chi connectivity index (χ1n) is 13.0. The van der Waals surface area contributed by atoms with Crippen LogP contribution in [-0.4, -0.2) is 35.5 Å². The number of Topliss-reactive ketones (excluding diaryl/α,β-unsaturated/α-hetero) is 1. The van der Waals surface area contributed by atoms with E-state index in [1.54, 1.807) is 19.1 Å². The molecule has 0 aromatic heterocycles. The van der Waals surface area contributed by atoms with Crippen LogP contribution in [0.1, 0.15) is 65.1 Å². The molecule has 2 atom stereocenters. The smallest absolute Gasteiger partial charge is 0.410 e. The first-order chi connectivity index (χ1) is 17.5. The lowest BCUT2D eigenvalue weighted by Crippen LogP contribution is -2.56. The van der Waals surface area contributed by atoms with Crippen molar-refractivity contribution in [3.63, 3.8) is 0 Å². The van der Waals surface area contributed by atoms with E-state index in [4.69, 9.17) is 4.74 Å². The van der Waals surface area contributed by atoms with Crippen molar-refractivity contribution in [2.24, 2.45) is 5.92 Å². The fourth-order valence-corrected chi connectivity index (χ4v) is 6.71. The minimum Gasteiger partial charge on any atom is -0.448 e. The zero-order valence-electron chi connectivity index (χ0n) is 20.5. The van der Waals surface area contributed by atoms with Crippen LogP contribution in [0, 0.1) is 18.7 Å². The van der Waals surface area contributed by atoms with Gasteiger partial charge in [0.25, 0.3) is 0 Å². The van der Waals surface area contributed by atoms with Gasteiger partial charge in [0.1, 0.15) is 12.4 Å². The average Bonchev–Trinajstić information content (AvgIpc) is 3.20. The van der Waals surface area contributed by atoms with E-state index >= 15 is 0 Å². The molecule has 1 amide bonds. The van der Waals surface area contributed by atoms with E-state index in [2.05, 4.69) is 24.3 Å². The zero-order valence-corrected chi connectivity index (χ0v) is 20.5. The van der Waals surface area contributed by atoms with E-state index in [9.17, 15) is 14.0 Å². The number of amides is 1. The first kappa shape index (κ1) is 23.0. The summed E-state index contributed by atoms with van der Waals surface area (Å²) in [6, 6.07) is 21.3. The third-order valence-corrected chi connectivity index (χ3v) is 8.36. The van der Waals surface area contributed by atoms with Gasteiger partial charge in [0.2, 0.25) is 0 Å². The summed E-state index contributed by atoms with van der Waals surface area (Å²) in [6.45, 7) is 2.07. The van der Waals surface area contributed by atoms with Gasteiger partial charge in [0, 0.05) is 23.9 Å². The number of benzene rings is 3. The molecule has 2 aliphatic heterocycles. The normalized spacial score (nSPS) is 22.6. The van der Waals surface area contributed by atoms with Crippen LogP contribution >= 0.6 is 0 Å². The van der Waals surface area contributed by atoms with Gasteiger partial charge in [-0.25, -0.2) is 9.18 Å². The number of piperidine rings is 2. The molecule has 2 fully saturated rings. The highest BCUT2D eigenvalue weighted by Crippen LogP contribution is 2.45. The molecule has 6 rings (SSSR count). The maximum atomic E-state index is 14.5. The van der Waals surface area contributed by atoms with Crippen LogP contribution in [0.25, 0.3) is 11.1 Å². The molecule has 0 spiro atoms. The first-order valence-corrected chi connectivity index (χ1v) is 13.0. The number of hydrogen-bond donors (Lipinski definition) is 0. The van der Waals surface area contributed by atoms with Gasteiger partial charge in [-0.2, -0.15) is 0 Å². The van der Waals surface area contributed by atoms with Gasteiger partial charge in [-0.15, -0.1) is 0 Å². The summed E-state index contributed by atoms with van der Waals surface area (Å²) in [4.78, 5) is 28.6. The van der Waals surface area contributed by atoms with E-state index in [-0.39, 0.29) is 41.4 Å².